The first-order valence-corrected chi connectivity index (χ1v) is 4.23. The first kappa shape index (κ1) is 11.5. The lowest BCUT2D eigenvalue weighted by atomic mass is 9.80. The third kappa shape index (κ3) is 2.97. The van der Waals surface area contributed by atoms with Gasteiger partial charge in [0.15, 0.2) is 0 Å². The zero-order valence-corrected chi connectivity index (χ0v) is 8.08. The molecule has 1 aromatic rings. The minimum Gasteiger partial charge on any atom is -0.445 e. The number of aryl methyl sites for hydroxylation is 1. The van der Waals surface area contributed by atoms with Crippen LogP contribution in [-0.4, -0.2) is 16.8 Å². The van der Waals surface area contributed by atoms with Crippen molar-refractivity contribution in [1.29, 1.82) is 0 Å². The Balaban J connectivity index is 2.95. The lowest BCUT2D eigenvalue weighted by Gasteiger charge is -2.18. The van der Waals surface area contributed by atoms with Gasteiger partial charge in [0.2, 0.25) is 0 Å². The topological polar surface area (TPSA) is 34.9 Å². The summed E-state index contributed by atoms with van der Waals surface area (Å²) in [7, 11) is 0. The summed E-state index contributed by atoms with van der Waals surface area (Å²) in [5.41, 5.74) is -1.02. The van der Waals surface area contributed by atoms with Gasteiger partial charge in [-0.2, -0.15) is 5.10 Å². The summed E-state index contributed by atoms with van der Waals surface area (Å²) in [6, 6.07) is 2.62. The lowest BCUT2D eigenvalue weighted by molar-refractivity contribution is 0.476. The Bertz CT molecular complexity index is 438. The van der Waals surface area contributed by atoms with E-state index in [4.69, 9.17) is 0 Å². The minimum atomic E-state index is -5.12. The van der Waals surface area contributed by atoms with Gasteiger partial charge in [-0.25, -0.2) is 4.68 Å². The van der Waals surface area contributed by atoms with Crippen molar-refractivity contribution in [1.82, 2.24) is 9.78 Å². The van der Waals surface area contributed by atoms with Crippen molar-refractivity contribution in [2.45, 2.75) is 13.5 Å². The van der Waals surface area contributed by atoms with Gasteiger partial charge >= 0.3 is 6.98 Å². The standard InChI is InChI=1S/C8H9BF3N2O/c1-6(9(10,11)12)5-14-8(15)4-3-7(2)13-14/h3-4H,1,5H2,2H3/q-1. The summed E-state index contributed by atoms with van der Waals surface area (Å²) in [5.74, 6) is 0. The SMILES string of the molecule is C=C(Cn1nc(C)ccc1=O)[B-](F)(F)F. The smallest absolute Gasteiger partial charge is 0.445 e. The van der Waals surface area contributed by atoms with E-state index < -0.39 is 24.6 Å². The Morgan fingerprint density at radius 2 is 2.13 bits per heavy atom. The Morgan fingerprint density at radius 3 is 2.67 bits per heavy atom. The fourth-order valence-corrected chi connectivity index (χ4v) is 0.960. The predicted octanol–water partition coefficient (Wildman–Crippen LogP) is 1.49. The number of hydrogen-bond acceptors (Lipinski definition) is 2. The molecule has 0 saturated heterocycles. The molecule has 0 saturated carbocycles. The maximum absolute atomic E-state index is 12.2. The summed E-state index contributed by atoms with van der Waals surface area (Å²) < 4.78 is 37.3. The van der Waals surface area contributed by atoms with Gasteiger partial charge in [-0.3, -0.25) is 4.79 Å². The molecule has 0 aliphatic rings. The van der Waals surface area contributed by atoms with Crippen LogP contribution in [0.2, 0.25) is 0 Å². The van der Waals surface area contributed by atoms with Crippen LogP contribution in [0, 0.1) is 6.92 Å². The molecule has 0 unspecified atom stereocenters. The third-order valence-corrected chi connectivity index (χ3v) is 1.82. The van der Waals surface area contributed by atoms with Crippen LogP contribution in [0.25, 0.3) is 0 Å². The van der Waals surface area contributed by atoms with Crippen molar-refractivity contribution in [3.05, 3.63) is 40.2 Å². The number of halogens is 3. The number of aromatic nitrogens is 2. The summed E-state index contributed by atoms with van der Waals surface area (Å²) >= 11 is 0. The average Bonchev–Trinajstić information content (AvgIpc) is 2.09. The second-order valence-electron chi connectivity index (χ2n) is 3.20. The predicted molar refractivity (Wildman–Crippen MR) is 51.5 cm³/mol. The Labute approximate surface area is 84.3 Å². The van der Waals surface area contributed by atoms with Gasteiger partial charge < -0.3 is 12.9 Å². The average molecular weight is 217 g/mol. The second kappa shape index (κ2) is 3.92. The molecule has 0 spiro atoms. The molecule has 0 bridgehead atoms. The van der Waals surface area contributed by atoms with Crippen molar-refractivity contribution in [3.63, 3.8) is 0 Å². The monoisotopic (exact) mass is 217 g/mol. The molecule has 0 aliphatic heterocycles. The molecule has 7 heteroatoms. The van der Waals surface area contributed by atoms with Crippen molar-refractivity contribution < 1.29 is 12.9 Å². The fourth-order valence-electron chi connectivity index (χ4n) is 0.960. The highest BCUT2D eigenvalue weighted by Crippen LogP contribution is 2.18. The number of allylic oxidation sites excluding steroid dienone is 1. The van der Waals surface area contributed by atoms with Crippen LogP contribution in [-0.2, 0) is 6.54 Å². The lowest BCUT2D eigenvalue weighted by Crippen LogP contribution is -2.29. The zero-order chi connectivity index (χ0) is 11.6. The highest BCUT2D eigenvalue weighted by Gasteiger charge is 2.27. The van der Waals surface area contributed by atoms with Crippen molar-refractivity contribution in [2.24, 2.45) is 0 Å². The molecule has 0 fully saturated rings. The third-order valence-electron chi connectivity index (χ3n) is 1.82. The molecule has 0 N–H and O–H groups in total. The molecule has 3 nitrogen and oxygen atoms in total. The normalized spacial score (nSPS) is 11.5. The van der Waals surface area contributed by atoms with E-state index in [9.17, 15) is 17.7 Å². The molecule has 82 valence electrons. The summed E-state index contributed by atoms with van der Waals surface area (Å²) in [6.45, 7) is -1.23. The molecular formula is C8H9BF3N2O-. The van der Waals surface area contributed by atoms with E-state index in [1.54, 1.807) is 6.92 Å². The van der Waals surface area contributed by atoms with E-state index in [1.165, 1.54) is 12.1 Å². The van der Waals surface area contributed by atoms with Crippen LogP contribution in [0.15, 0.2) is 29.0 Å². The zero-order valence-electron chi connectivity index (χ0n) is 8.08. The summed E-state index contributed by atoms with van der Waals surface area (Å²) in [6.07, 6.45) is 0. The van der Waals surface area contributed by atoms with Crippen molar-refractivity contribution in [3.8, 4) is 0 Å². The van der Waals surface area contributed by atoms with Crippen molar-refractivity contribution >= 4 is 6.98 Å². The van der Waals surface area contributed by atoms with Gasteiger partial charge in [0, 0.05) is 12.6 Å². The van der Waals surface area contributed by atoms with Gasteiger partial charge in [-0.15, -0.1) is 12.1 Å². The molecule has 0 amide bonds. The summed E-state index contributed by atoms with van der Waals surface area (Å²) in [5, 5.41) is 3.68. The minimum absolute atomic E-state index is 0.483. The fraction of sp³-hybridized carbons (Fsp3) is 0.250. The molecule has 0 atom stereocenters. The molecule has 0 radical (unpaired) electrons. The van der Waals surface area contributed by atoms with Crippen LogP contribution < -0.4 is 5.56 Å². The Kier molecular flexibility index (Phi) is 3.02. The van der Waals surface area contributed by atoms with E-state index in [0.29, 0.717) is 5.69 Å². The van der Waals surface area contributed by atoms with Gasteiger partial charge in [0.25, 0.3) is 5.56 Å². The molecule has 1 rings (SSSR count). The molecule has 15 heavy (non-hydrogen) atoms. The summed E-state index contributed by atoms with van der Waals surface area (Å²) in [4.78, 5) is 11.1. The quantitative estimate of drug-likeness (QED) is 0.719. The highest BCUT2D eigenvalue weighted by atomic mass is 19.4. The van der Waals surface area contributed by atoms with E-state index >= 15 is 0 Å². The molecular weight excluding hydrogens is 208 g/mol. The van der Waals surface area contributed by atoms with Crippen molar-refractivity contribution in [2.75, 3.05) is 0 Å². The number of nitrogens with zero attached hydrogens (tertiary/aromatic N) is 2. The highest BCUT2D eigenvalue weighted by molar-refractivity contribution is 6.66. The molecule has 1 heterocycles. The van der Waals surface area contributed by atoms with Gasteiger partial charge in [-0.1, -0.05) is 0 Å². The molecule has 0 aliphatic carbocycles. The van der Waals surface area contributed by atoms with Crippen LogP contribution in [0.5, 0.6) is 0 Å². The van der Waals surface area contributed by atoms with E-state index in [1.807, 2.05) is 0 Å². The van der Waals surface area contributed by atoms with E-state index in [-0.39, 0.29) is 0 Å². The van der Waals surface area contributed by atoms with Crippen LogP contribution in [0.4, 0.5) is 12.9 Å². The van der Waals surface area contributed by atoms with E-state index in [0.717, 1.165) is 4.68 Å². The molecule has 0 aromatic carbocycles. The van der Waals surface area contributed by atoms with Crippen LogP contribution >= 0.6 is 0 Å². The maximum Gasteiger partial charge on any atom is 0.506 e. The number of hydrogen-bond donors (Lipinski definition) is 0. The van der Waals surface area contributed by atoms with E-state index in [2.05, 4.69) is 11.7 Å². The Morgan fingerprint density at radius 1 is 1.53 bits per heavy atom. The second-order valence-corrected chi connectivity index (χ2v) is 3.20. The van der Waals surface area contributed by atoms with Gasteiger partial charge in [0.05, 0.1) is 5.69 Å². The van der Waals surface area contributed by atoms with Gasteiger partial charge in [-0.05, 0) is 13.0 Å². The molecule has 1 aromatic heterocycles. The first-order chi connectivity index (χ1) is 6.80. The first-order valence-electron chi connectivity index (χ1n) is 4.23. The Hall–Kier alpha value is -1.53. The van der Waals surface area contributed by atoms with Gasteiger partial charge in [0.1, 0.15) is 0 Å². The van der Waals surface area contributed by atoms with Crippen LogP contribution in [0.1, 0.15) is 5.69 Å². The van der Waals surface area contributed by atoms with Crippen LogP contribution in [0.3, 0.4) is 0 Å². The maximum atomic E-state index is 12.2. The number of rotatable bonds is 3. The largest absolute Gasteiger partial charge is 0.506 e.